The lowest BCUT2D eigenvalue weighted by Crippen LogP contribution is -2.35. The van der Waals surface area contributed by atoms with E-state index in [1.807, 2.05) is 12.1 Å². The van der Waals surface area contributed by atoms with E-state index in [4.69, 9.17) is 0 Å². The Labute approximate surface area is 122 Å². The van der Waals surface area contributed by atoms with Gasteiger partial charge in [0.1, 0.15) is 0 Å². The van der Waals surface area contributed by atoms with Gasteiger partial charge in [-0.2, -0.15) is 0 Å². The Morgan fingerprint density at radius 3 is 2.60 bits per heavy atom. The zero-order valence-corrected chi connectivity index (χ0v) is 13.4. The van der Waals surface area contributed by atoms with Gasteiger partial charge in [-0.05, 0) is 30.4 Å². The summed E-state index contributed by atoms with van der Waals surface area (Å²) in [6, 6.07) is 7.65. The summed E-state index contributed by atoms with van der Waals surface area (Å²) in [4.78, 5) is 0.438. The van der Waals surface area contributed by atoms with Crippen molar-refractivity contribution >= 4 is 15.5 Å². The fourth-order valence-corrected chi connectivity index (χ4v) is 4.06. The maximum atomic E-state index is 12.2. The van der Waals surface area contributed by atoms with Gasteiger partial charge in [0.15, 0.2) is 9.84 Å². The van der Waals surface area contributed by atoms with Crippen LogP contribution in [0.2, 0.25) is 0 Å². The molecule has 0 heterocycles. The molecule has 20 heavy (non-hydrogen) atoms. The van der Waals surface area contributed by atoms with Crippen LogP contribution in [0.1, 0.15) is 40.0 Å². The summed E-state index contributed by atoms with van der Waals surface area (Å²) in [5.41, 5.74) is 0.764. The van der Waals surface area contributed by atoms with Gasteiger partial charge in [0, 0.05) is 6.04 Å². The summed E-state index contributed by atoms with van der Waals surface area (Å²) in [5.74, 6) is 1.40. The first kappa shape index (κ1) is 15.4. The second kappa shape index (κ2) is 6.17. The molecular weight excluding hydrogens is 270 g/mol. The minimum atomic E-state index is -3.17. The van der Waals surface area contributed by atoms with Crippen molar-refractivity contribution in [2.45, 2.75) is 51.0 Å². The number of nitrogens with one attached hydrogen (secondary N) is 1. The van der Waals surface area contributed by atoms with Crippen molar-refractivity contribution in [1.82, 2.24) is 0 Å². The molecule has 0 amide bonds. The number of sulfone groups is 1. The van der Waals surface area contributed by atoms with Crippen molar-refractivity contribution < 1.29 is 8.42 Å². The van der Waals surface area contributed by atoms with Gasteiger partial charge in [-0.3, -0.25) is 0 Å². The lowest BCUT2D eigenvalue weighted by Gasteiger charge is -2.35. The number of rotatable bonds is 4. The average Bonchev–Trinajstić information content (AvgIpc) is 2.44. The summed E-state index contributed by atoms with van der Waals surface area (Å²) in [5, 5.41) is 3.49. The van der Waals surface area contributed by atoms with E-state index in [0.29, 0.717) is 22.8 Å². The van der Waals surface area contributed by atoms with Crippen LogP contribution in [0.15, 0.2) is 29.2 Å². The quantitative estimate of drug-likeness (QED) is 0.921. The van der Waals surface area contributed by atoms with Gasteiger partial charge >= 0.3 is 0 Å². The highest BCUT2D eigenvalue weighted by atomic mass is 32.2. The monoisotopic (exact) mass is 295 g/mol. The van der Waals surface area contributed by atoms with Crippen molar-refractivity contribution in [3.63, 3.8) is 0 Å². The molecule has 0 bridgehead atoms. The molecule has 3 atom stereocenters. The standard InChI is InChI=1S/C16H25NO2S/c1-4-20(18,19)16-11-6-5-9-15(16)17-14-10-7-8-12(2)13(14)3/h5-6,9,11-14,17H,4,7-8,10H2,1-3H3. The molecule has 1 saturated carbocycles. The van der Waals surface area contributed by atoms with Gasteiger partial charge in [-0.15, -0.1) is 0 Å². The molecule has 4 heteroatoms. The first-order valence-electron chi connectivity index (χ1n) is 7.54. The fourth-order valence-electron chi connectivity index (χ4n) is 3.00. The Morgan fingerprint density at radius 2 is 1.90 bits per heavy atom. The van der Waals surface area contributed by atoms with E-state index in [-0.39, 0.29) is 5.75 Å². The molecule has 1 aliphatic carbocycles. The predicted octanol–water partition coefficient (Wildman–Crippen LogP) is 3.72. The molecule has 0 saturated heterocycles. The van der Waals surface area contributed by atoms with E-state index in [2.05, 4.69) is 19.2 Å². The minimum Gasteiger partial charge on any atom is -0.381 e. The van der Waals surface area contributed by atoms with Crippen LogP contribution in [0.5, 0.6) is 0 Å². The molecule has 1 aromatic carbocycles. The van der Waals surface area contributed by atoms with E-state index < -0.39 is 9.84 Å². The summed E-state index contributed by atoms with van der Waals surface area (Å²) in [7, 11) is -3.17. The number of hydrogen-bond acceptors (Lipinski definition) is 3. The second-order valence-corrected chi connectivity index (χ2v) is 8.16. The van der Waals surface area contributed by atoms with Gasteiger partial charge in [0.05, 0.1) is 16.3 Å². The molecule has 0 spiro atoms. The highest BCUT2D eigenvalue weighted by Crippen LogP contribution is 2.33. The van der Waals surface area contributed by atoms with Gasteiger partial charge in [-0.1, -0.05) is 45.7 Å². The molecule has 3 nitrogen and oxygen atoms in total. The van der Waals surface area contributed by atoms with Crippen LogP contribution in [-0.2, 0) is 9.84 Å². The Hall–Kier alpha value is -1.03. The van der Waals surface area contributed by atoms with E-state index in [0.717, 1.165) is 12.1 Å². The lowest BCUT2D eigenvalue weighted by molar-refractivity contribution is 0.253. The van der Waals surface area contributed by atoms with Crippen molar-refractivity contribution in [3.05, 3.63) is 24.3 Å². The van der Waals surface area contributed by atoms with Crippen molar-refractivity contribution in [2.75, 3.05) is 11.1 Å². The molecule has 0 radical (unpaired) electrons. The zero-order chi connectivity index (χ0) is 14.8. The lowest BCUT2D eigenvalue weighted by atomic mass is 9.78. The van der Waals surface area contributed by atoms with Crippen LogP contribution in [0, 0.1) is 11.8 Å². The van der Waals surface area contributed by atoms with Crippen molar-refractivity contribution in [3.8, 4) is 0 Å². The Balaban J connectivity index is 2.26. The molecule has 1 aromatic rings. The average molecular weight is 295 g/mol. The molecule has 1 aliphatic rings. The largest absolute Gasteiger partial charge is 0.381 e. The Morgan fingerprint density at radius 1 is 1.20 bits per heavy atom. The van der Waals surface area contributed by atoms with Crippen LogP contribution in [-0.4, -0.2) is 20.2 Å². The number of hydrogen-bond donors (Lipinski definition) is 1. The van der Waals surface area contributed by atoms with Gasteiger partial charge in [-0.25, -0.2) is 8.42 Å². The molecule has 3 unspecified atom stereocenters. The Kier molecular flexibility index (Phi) is 4.74. The summed E-state index contributed by atoms with van der Waals surface area (Å²) < 4.78 is 24.3. The highest BCUT2D eigenvalue weighted by Gasteiger charge is 2.28. The normalized spacial score (nSPS) is 27.2. The van der Waals surface area contributed by atoms with E-state index in [9.17, 15) is 8.42 Å². The zero-order valence-electron chi connectivity index (χ0n) is 12.6. The molecular formula is C16H25NO2S. The van der Waals surface area contributed by atoms with Crippen LogP contribution < -0.4 is 5.32 Å². The summed E-state index contributed by atoms with van der Waals surface area (Å²) in [6.07, 6.45) is 3.60. The highest BCUT2D eigenvalue weighted by molar-refractivity contribution is 7.91. The summed E-state index contributed by atoms with van der Waals surface area (Å²) >= 11 is 0. The first-order valence-corrected chi connectivity index (χ1v) is 9.19. The van der Waals surface area contributed by atoms with Crippen molar-refractivity contribution in [2.24, 2.45) is 11.8 Å². The van der Waals surface area contributed by atoms with Crippen LogP contribution >= 0.6 is 0 Å². The molecule has 1 fully saturated rings. The maximum Gasteiger partial charge on any atom is 0.180 e. The van der Waals surface area contributed by atoms with Crippen LogP contribution in [0.3, 0.4) is 0 Å². The number of benzene rings is 1. The van der Waals surface area contributed by atoms with E-state index in [1.54, 1.807) is 19.1 Å². The van der Waals surface area contributed by atoms with Gasteiger partial charge in [0.2, 0.25) is 0 Å². The minimum absolute atomic E-state index is 0.141. The Bertz CT molecular complexity index is 553. The topological polar surface area (TPSA) is 46.2 Å². The molecule has 1 N–H and O–H groups in total. The maximum absolute atomic E-state index is 12.2. The number of anilines is 1. The number of para-hydroxylation sites is 1. The third-order valence-electron chi connectivity index (χ3n) is 4.65. The van der Waals surface area contributed by atoms with Gasteiger partial charge in [0.25, 0.3) is 0 Å². The summed E-state index contributed by atoms with van der Waals surface area (Å²) in [6.45, 7) is 6.24. The molecule has 0 aromatic heterocycles. The van der Waals surface area contributed by atoms with Gasteiger partial charge < -0.3 is 5.32 Å². The molecule has 112 valence electrons. The fraction of sp³-hybridized carbons (Fsp3) is 0.625. The second-order valence-electron chi connectivity index (χ2n) is 5.92. The van der Waals surface area contributed by atoms with Crippen molar-refractivity contribution in [1.29, 1.82) is 0 Å². The van der Waals surface area contributed by atoms with E-state index >= 15 is 0 Å². The molecule has 0 aliphatic heterocycles. The smallest absolute Gasteiger partial charge is 0.180 e. The van der Waals surface area contributed by atoms with E-state index in [1.165, 1.54) is 12.8 Å². The van der Waals surface area contributed by atoms with Crippen LogP contribution in [0.25, 0.3) is 0 Å². The SMILES string of the molecule is CCS(=O)(=O)c1ccccc1NC1CCCC(C)C1C. The predicted molar refractivity (Wildman–Crippen MR) is 83.8 cm³/mol. The third kappa shape index (κ3) is 3.17. The van der Waals surface area contributed by atoms with Crippen LogP contribution in [0.4, 0.5) is 5.69 Å². The molecule has 2 rings (SSSR count). The third-order valence-corrected chi connectivity index (χ3v) is 6.44. The first-order chi connectivity index (χ1) is 9.45.